The lowest BCUT2D eigenvalue weighted by Gasteiger charge is -2.04. The molecule has 0 radical (unpaired) electrons. The largest absolute Gasteiger partial charge is 0.478 e. The molecule has 1 heterocycles. The van der Waals surface area contributed by atoms with Crippen molar-refractivity contribution < 1.29 is 31.2 Å². The molecule has 114 valence electrons. The first-order valence-corrected chi connectivity index (χ1v) is 9.19. The van der Waals surface area contributed by atoms with E-state index in [9.17, 15) is 21.6 Å². The second-order valence-electron chi connectivity index (χ2n) is 4.26. The highest BCUT2D eigenvalue weighted by Gasteiger charge is 2.17. The van der Waals surface area contributed by atoms with Gasteiger partial charge in [0.15, 0.2) is 0 Å². The quantitative estimate of drug-likeness (QED) is 0.706. The molecular weight excluding hydrogens is 310 g/mol. The standard InChI is InChI=1S/C10H15NO7S2/c1-7-9(10(12)13)5-8(18-7)6-11-20(16,17)4-3-19(2,14)15/h5,11H,3-4,6H2,1-2H3,(H,12,13). The van der Waals surface area contributed by atoms with Gasteiger partial charge < -0.3 is 9.52 Å². The van der Waals surface area contributed by atoms with E-state index in [4.69, 9.17) is 9.52 Å². The Kier molecular flexibility index (Phi) is 4.95. The number of carboxylic acids is 1. The summed E-state index contributed by atoms with van der Waals surface area (Å²) in [6.07, 6.45) is 0.942. The van der Waals surface area contributed by atoms with E-state index in [2.05, 4.69) is 4.72 Å². The van der Waals surface area contributed by atoms with Crippen LogP contribution >= 0.6 is 0 Å². The molecular formula is C10H15NO7S2. The SMILES string of the molecule is Cc1oc(CNS(=O)(=O)CCS(C)(=O)=O)cc1C(=O)O. The van der Waals surface area contributed by atoms with Gasteiger partial charge in [-0.1, -0.05) is 0 Å². The summed E-state index contributed by atoms with van der Waals surface area (Å²) in [6, 6.07) is 1.22. The molecule has 10 heteroatoms. The zero-order valence-corrected chi connectivity index (χ0v) is 12.5. The van der Waals surface area contributed by atoms with E-state index >= 15 is 0 Å². The van der Waals surface area contributed by atoms with Crippen LogP contribution in [0.4, 0.5) is 0 Å². The van der Waals surface area contributed by atoms with Crippen molar-refractivity contribution >= 4 is 25.8 Å². The Morgan fingerprint density at radius 3 is 2.35 bits per heavy atom. The summed E-state index contributed by atoms with van der Waals surface area (Å²) in [5.74, 6) is -1.90. The van der Waals surface area contributed by atoms with E-state index in [1.165, 1.54) is 13.0 Å². The van der Waals surface area contributed by atoms with E-state index < -0.39 is 37.3 Å². The Balaban J connectivity index is 2.67. The minimum absolute atomic E-state index is 0.0460. The Morgan fingerprint density at radius 1 is 1.30 bits per heavy atom. The molecule has 0 aliphatic heterocycles. The Bertz CT molecular complexity index is 700. The summed E-state index contributed by atoms with van der Waals surface area (Å²) in [5.41, 5.74) is -0.0460. The first-order valence-electron chi connectivity index (χ1n) is 5.48. The maximum absolute atomic E-state index is 11.5. The normalized spacial score (nSPS) is 12.5. The van der Waals surface area contributed by atoms with Crippen LogP contribution in [-0.2, 0) is 26.4 Å². The fraction of sp³-hybridized carbons (Fsp3) is 0.500. The second kappa shape index (κ2) is 5.94. The van der Waals surface area contributed by atoms with Gasteiger partial charge in [0.1, 0.15) is 26.9 Å². The second-order valence-corrected chi connectivity index (χ2v) is 8.44. The summed E-state index contributed by atoms with van der Waals surface area (Å²) in [4.78, 5) is 10.8. The maximum atomic E-state index is 11.5. The third-order valence-electron chi connectivity index (χ3n) is 2.39. The van der Waals surface area contributed by atoms with Gasteiger partial charge in [-0.2, -0.15) is 0 Å². The molecule has 0 fully saturated rings. The average Bonchev–Trinajstić information content (AvgIpc) is 2.65. The number of hydrogen-bond acceptors (Lipinski definition) is 6. The van der Waals surface area contributed by atoms with E-state index in [1.807, 2.05) is 0 Å². The fourth-order valence-electron chi connectivity index (χ4n) is 1.36. The van der Waals surface area contributed by atoms with Crippen molar-refractivity contribution in [2.45, 2.75) is 13.5 Å². The molecule has 1 aromatic heterocycles. The minimum Gasteiger partial charge on any atom is -0.478 e. The average molecular weight is 325 g/mol. The maximum Gasteiger partial charge on any atom is 0.339 e. The predicted molar refractivity (Wildman–Crippen MR) is 70.7 cm³/mol. The van der Waals surface area contributed by atoms with Crippen molar-refractivity contribution in [2.24, 2.45) is 0 Å². The monoisotopic (exact) mass is 325 g/mol. The van der Waals surface area contributed by atoms with Gasteiger partial charge in [0.2, 0.25) is 10.0 Å². The summed E-state index contributed by atoms with van der Waals surface area (Å²) < 4.78 is 52.1. The third kappa shape index (κ3) is 5.31. The van der Waals surface area contributed by atoms with Gasteiger partial charge in [-0.3, -0.25) is 0 Å². The van der Waals surface area contributed by atoms with Crippen molar-refractivity contribution in [2.75, 3.05) is 17.8 Å². The molecule has 20 heavy (non-hydrogen) atoms. The van der Waals surface area contributed by atoms with Crippen LogP contribution < -0.4 is 4.72 Å². The number of aromatic carboxylic acids is 1. The molecule has 0 atom stereocenters. The number of sulfone groups is 1. The molecule has 0 bridgehead atoms. The number of rotatable bonds is 7. The van der Waals surface area contributed by atoms with Gasteiger partial charge in [-0.05, 0) is 13.0 Å². The molecule has 2 N–H and O–H groups in total. The van der Waals surface area contributed by atoms with Crippen molar-refractivity contribution in [3.05, 3.63) is 23.2 Å². The van der Waals surface area contributed by atoms with Crippen LogP contribution in [0.1, 0.15) is 21.9 Å². The van der Waals surface area contributed by atoms with Crippen molar-refractivity contribution in [1.82, 2.24) is 4.72 Å². The lowest BCUT2D eigenvalue weighted by atomic mass is 10.2. The first-order chi connectivity index (χ1) is 9.00. The molecule has 0 spiro atoms. The van der Waals surface area contributed by atoms with Crippen molar-refractivity contribution in [3.63, 3.8) is 0 Å². The Morgan fingerprint density at radius 2 is 1.90 bits per heavy atom. The van der Waals surface area contributed by atoms with Crippen LogP contribution in [0.2, 0.25) is 0 Å². The van der Waals surface area contributed by atoms with Gasteiger partial charge in [0, 0.05) is 6.26 Å². The molecule has 1 rings (SSSR count). The number of furan rings is 1. The van der Waals surface area contributed by atoms with Crippen molar-refractivity contribution in [3.8, 4) is 0 Å². The highest BCUT2D eigenvalue weighted by atomic mass is 32.2. The lowest BCUT2D eigenvalue weighted by molar-refractivity contribution is 0.0695. The van der Waals surface area contributed by atoms with E-state index in [0.717, 1.165) is 6.26 Å². The first kappa shape index (κ1) is 16.7. The van der Waals surface area contributed by atoms with E-state index in [-0.39, 0.29) is 23.6 Å². The summed E-state index contributed by atoms with van der Waals surface area (Å²) >= 11 is 0. The number of carboxylic acid groups (broad SMARTS) is 1. The molecule has 0 unspecified atom stereocenters. The Hall–Kier alpha value is -1.39. The van der Waals surface area contributed by atoms with Gasteiger partial charge in [0.25, 0.3) is 0 Å². The minimum atomic E-state index is -3.77. The van der Waals surface area contributed by atoms with Crippen LogP contribution in [0.5, 0.6) is 0 Å². The van der Waals surface area contributed by atoms with Gasteiger partial charge >= 0.3 is 5.97 Å². The Labute approximate surface area is 116 Å². The van der Waals surface area contributed by atoms with Gasteiger partial charge in [-0.25, -0.2) is 26.4 Å². The number of aryl methyl sites for hydroxylation is 1. The fourth-order valence-corrected chi connectivity index (χ4v) is 3.95. The van der Waals surface area contributed by atoms with Crippen LogP contribution in [0.25, 0.3) is 0 Å². The summed E-state index contributed by atoms with van der Waals surface area (Å²) in [7, 11) is -7.15. The topological polar surface area (TPSA) is 131 Å². The smallest absolute Gasteiger partial charge is 0.339 e. The van der Waals surface area contributed by atoms with Crippen LogP contribution in [0, 0.1) is 6.92 Å². The molecule has 1 aromatic rings. The predicted octanol–water partition coefficient (Wildman–Crippen LogP) is -0.250. The van der Waals surface area contributed by atoms with Crippen molar-refractivity contribution in [1.29, 1.82) is 0 Å². The van der Waals surface area contributed by atoms with E-state index in [0.29, 0.717) is 0 Å². The summed E-state index contributed by atoms with van der Waals surface area (Å²) in [6.45, 7) is 1.21. The van der Waals surface area contributed by atoms with Gasteiger partial charge in [0.05, 0.1) is 18.1 Å². The van der Waals surface area contributed by atoms with Crippen LogP contribution in [0.15, 0.2) is 10.5 Å². The number of hydrogen-bond donors (Lipinski definition) is 2. The lowest BCUT2D eigenvalue weighted by Crippen LogP contribution is -2.29. The molecule has 8 nitrogen and oxygen atoms in total. The molecule has 0 aromatic carbocycles. The molecule has 0 saturated carbocycles. The van der Waals surface area contributed by atoms with E-state index in [1.54, 1.807) is 0 Å². The number of sulfonamides is 1. The molecule has 0 aliphatic rings. The molecule has 0 saturated heterocycles. The van der Waals surface area contributed by atoms with Crippen LogP contribution in [-0.4, -0.2) is 45.7 Å². The highest BCUT2D eigenvalue weighted by Crippen LogP contribution is 2.14. The molecule has 0 aliphatic carbocycles. The highest BCUT2D eigenvalue weighted by molar-refractivity contribution is 7.93. The zero-order chi connectivity index (χ0) is 15.6. The number of nitrogens with one attached hydrogen (secondary N) is 1. The van der Waals surface area contributed by atoms with Gasteiger partial charge in [-0.15, -0.1) is 0 Å². The zero-order valence-electron chi connectivity index (χ0n) is 10.9. The van der Waals surface area contributed by atoms with Crippen LogP contribution in [0.3, 0.4) is 0 Å². The molecule has 0 amide bonds. The third-order valence-corrected chi connectivity index (χ3v) is 4.92. The number of carbonyl (C=O) groups is 1. The summed E-state index contributed by atoms with van der Waals surface area (Å²) in [5, 5.41) is 8.82.